The van der Waals surface area contributed by atoms with Crippen molar-refractivity contribution in [1.82, 2.24) is 4.57 Å². The number of hydrogen-bond donors (Lipinski definition) is 0. The van der Waals surface area contributed by atoms with Crippen LogP contribution in [-0.4, -0.2) is 17.0 Å². The molecule has 0 N–H and O–H groups in total. The summed E-state index contributed by atoms with van der Waals surface area (Å²) in [6.07, 6.45) is 1.79. The summed E-state index contributed by atoms with van der Waals surface area (Å²) < 4.78 is 20.2. The molecular formula is C17H18FNO2. The molecule has 0 saturated heterocycles. The van der Waals surface area contributed by atoms with Crippen LogP contribution in [0.15, 0.2) is 43.0 Å². The van der Waals surface area contributed by atoms with Crippen molar-refractivity contribution in [3.8, 4) is 5.75 Å². The summed E-state index contributed by atoms with van der Waals surface area (Å²) >= 11 is 0. The summed E-state index contributed by atoms with van der Waals surface area (Å²) in [7, 11) is 0. The minimum absolute atomic E-state index is 0.0655. The minimum Gasteiger partial charge on any atom is -0.485 e. The Balaban J connectivity index is 2.08. The quantitative estimate of drug-likeness (QED) is 0.599. The molecule has 4 heteroatoms. The molecule has 2 aromatic rings. The van der Waals surface area contributed by atoms with Crippen LogP contribution in [-0.2, 0) is 6.54 Å². The van der Waals surface area contributed by atoms with E-state index in [1.54, 1.807) is 6.08 Å². The highest BCUT2D eigenvalue weighted by atomic mass is 19.1. The molecule has 1 aromatic carbocycles. The number of hydrogen-bond acceptors (Lipinski definition) is 2. The molecule has 0 aliphatic rings. The predicted octanol–water partition coefficient (Wildman–Crippen LogP) is 3.69. The first-order valence-electron chi connectivity index (χ1n) is 6.72. The van der Waals surface area contributed by atoms with Gasteiger partial charge >= 0.3 is 0 Å². The maximum Gasteiger partial charge on any atom is 0.202 e. The van der Waals surface area contributed by atoms with Crippen LogP contribution in [0, 0.1) is 19.7 Å². The van der Waals surface area contributed by atoms with Crippen molar-refractivity contribution in [2.45, 2.75) is 20.4 Å². The molecule has 0 saturated carbocycles. The van der Waals surface area contributed by atoms with Gasteiger partial charge in [-0.3, -0.25) is 4.79 Å². The number of ether oxygens (including phenoxy) is 1. The second-order valence-electron chi connectivity index (χ2n) is 4.85. The van der Waals surface area contributed by atoms with Crippen molar-refractivity contribution in [2.75, 3.05) is 6.61 Å². The van der Waals surface area contributed by atoms with Gasteiger partial charge in [-0.2, -0.15) is 0 Å². The van der Waals surface area contributed by atoms with Gasteiger partial charge in [-0.05, 0) is 44.2 Å². The number of rotatable bonds is 6. The van der Waals surface area contributed by atoms with E-state index in [2.05, 4.69) is 6.58 Å². The number of benzene rings is 1. The molecule has 0 spiro atoms. The molecule has 0 amide bonds. The maximum absolute atomic E-state index is 12.8. The number of nitrogens with zero attached hydrogens (tertiary/aromatic N) is 1. The summed E-state index contributed by atoms with van der Waals surface area (Å²) in [6.45, 7) is 8.18. The third kappa shape index (κ3) is 3.40. The van der Waals surface area contributed by atoms with Gasteiger partial charge in [0.25, 0.3) is 0 Å². The fourth-order valence-corrected chi connectivity index (χ4v) is 2.25. The Morgan fingerprint density at radius 2 is 2.00 bits per heavy atom. The zero-order valence-electron chi connectivity index (χ0n) is 12.2. The van der Waals surface area contributed by atoms with E-state index >= 15 is 0 Å². The largest absolute Gasteiger partial charge is 0.485 e. The Morgan fingerprint density at radius 1 is 1.33 bits per heavy atom. The van der Waals surface area contributed by atoms with E-state index in [1.807, 2.05) is 24.5 Å². The monoisotopic (exact) mass is 287 g/mol. The van der Waals surface area contributed by atoms with Gasteiger partial charge < -0.3 is 9.30 Å². The maximum atomic E-state index is 12.8. The second kappa shape index (κ2) is 6.39. The highest BCUT2D eigenvalue weighted by Crippen LogP contribution is 2.17. The van der Waals surface area contributed by atoms with E-state index in [4.69, 9.17) is 4.74 Å². The summed E-state index contributed by atoms with van der Waals surface area (Å²) in [4.78, 5) is 12.2. The summed E-state index contributed by atoms with van der Waals surface area (Å²) in [5.41, 5.74) is 2.56. The number of aryl methyl sites for hydroxylation is 1. The first-order valence-corrected chi connectivity index (χ1v) is 6.72. The fraction of sp³-hybridized carbons (Fsp3) is 0.235. The second-order valence-corrected chi connectivity index (χ2v) is 4.85. The number of Topliss-reactive ketones (excluding diaryl/α,β-unsaturated/α-hetero) is 1. The van der Waals surface area contributed by atoms with E-state index in [0.29, 0.717) is 17.9 Å². The predicted molar refractivity (Wildman–Crippen MR) is 80.3 cm³/mol. The van der Waals surface area contributed by atoms with Gasteiger partial charge in [-0.1, -0.05) is 6.08 Å². The Bertz CT molecular complexity index is 656. The highest BCUT2D eigenvalue weighted by molar-refractivity contribution is 5.98. The Hall–Kier alpha value is -2.36. The van der Waals surface area contributed by atoms with E-state index in [-0.39, 0.29) is 18.2 Å². The molecule has 0 radical (unpaired) electrons. The van der Waals surface area contributed by atoms with Crippen molar-refractivity contribution in [2.24, 2.45) is 0 Å². The molecular weight excluding hydrogens is 269 g/mol. The van der Waals surface area contributed by atoms with Crippen LogP contribution in [0.3, 0.4) is 0 Å². The Labute approximate surface area is 123 Å². The molecule has 3 nitrogen and oxygen atoms in total. The zero-order valence-corrected chi connectivity index (χ0v) is 12.2. The van der Waals surface area contributed by atoms with E-state index in [9.17, 15) is 9.18 Å². The van der Waals surface area contributed by atoms with Gasteiger partial charge in [-0.15, -0.1) is 6.58 Å². The number of carbonyl (C=O) groups excluding carboxylic acids is 1. The molecule has 0 bridgehead atoms. The third-order valence-corrected chi connectivity index (χ3v) is 3.37. The van der Waals surface area contributed by atoms with Gasteiger partial charge in [0.2, 0.25) is 5.78 Å². The van der Waals surface area contributed by atoms with Gasteiger partial charge in [0.1, 0.15) is 11.6 Å². The van der Waals surface area contributed by atoms with Crippen molar-refractivity contribution < 1.29 is 13.9 Å². The Morgan fingerprint density at radius 3 is 2.62 bits per heavy atom. The normalized spacial score (nSPS) is 10.4. The molecule has 2 rings (SSSR count). The summed E-state index contributed by atoms with van der Waals surface area (Å²) in [6, 6.07) is 7.47. The molecule has 0 fully saturated rings. The lowest BCUT2D eigenvalue weighted by molar-refractivity contribution is 0.0921. The van der Waals surface area contributed by atoms with Crippen LogP contribution >= 0.6 is 0 Å². The van der Waals surface area contributed by atoms with Gasteiger partial charge in [0.15, 0.2) is 6.61 Å². The number of carbonyl (C=O) groups is 1. The van der Waals surface area contributed by atoms with Crippen LogP contribution in [0.1, 0.15) is 21.7 Å². The molecule has 21 heavy (non-hydrogen) atoms. The highest BCUT2D eigenvalue weighted by Gasteiger charge is 2.15. The standard InChI is InChI=1S/C17H18FNO2/c1-4-9-19-12(2)10-16(13(19)3)17(20)11-21-15-7-5-14(18)6-8-15/h4-8,10H,1,9,11H2,2-3H3. The summed E-state index contributed by atoms with van der Waals surface area (Å²) in [5.74, 6) is 0.0500. The van der Waals surface area contributed by atoms with E-state index < -0.39 is 0 Å². The molecule has 0 aliphatic carbocycles. The molecule has 0 atom stereocenters. The average Bonchev–Trinajstić information content (AvgIpc) is 2.75. The van der Waals surface area contributed by atoms with Gasteiger partial charge in [0.05, 0.1) is 0 Å². The van der Waals surface area contributed by atoms with Crippen LogP contribution in [0.5, 0.6) is 5.75 Å². The van der Waals surface area contributed by atoms with Gasteiger partial charge in [-0.25, -0.2) is 4.39 Å². The number of aromatic nitrogens is 1. The fourth-order valence-electron chi connectivity index (χ4n) is 2.25. The lowest BCUT2D eigenvalue weighted by Crippen LogP contribution is -2.13. The van der Waals surface area contributed by atoms with Crippen LogP contribution in [0.2, 0.25) is 0 Å². The smallest absolute Gasteiger partial charge is 0.202 e. The topological polar surface area (TPSA) is 31.2 Å². The molecule has 110 valence electrons. The van der Waals surface area contributed by atoms with Gasteiger partial charge in [0, 0.05) is 23.5 Å². The van der Waals surface area contributed by atoms with Crippen LogP contribution in [0.4, 0.5) is 4.39 Å². The van der Waals surface area contributed by atoms with Crippen molar-refractivity contribution in [3.05, 3.63) is 65.8 Å². The van der Waals surface area contributed by atoms with Crippen LogP contribution < -0.4 is 4.74 Å². The number of halogens is 1. The van der Waals surface area contributed by atoms with Crippen molar-refractivity contribution >= 4 is 5.78 Å². The minimum atomic E-state index is -0.332. The lowest BCUT2D eigenvalue weighted by Gasteiger charge is -2.07. The van der Waals surface area contributed by atoms with E-state index in [0.717, 1.165) is 11.4 Å². The molecule has 0 aliphatic heterocycles. The average molecular weight is 287 g/mol. The first-order chi connectivity index (χ1) is 10.0. The molecule has 0 unspecified atom stereocenters. The SMILES string of the molecule is C=CCn1c(C)cc(C(=O)COc2ccc(F)cc2)c1C. The summed E-state index contributed by atoms with van der Waals surface area (Å²) in [5, 5.41) is 0. The first kappa shape index (κ1) is 15.0. The molecule has 1 heterocycles. The number of ketones is 1. The number of allylic oxidation sites excluding steroid dienone is 1. The lowest BCUT2D eigenvalue weighted by atomic mass is 10.1. The van der Waals surface area contributed by atoms with Crippen LogP contribution in [0.25, 0.3) is 0 Å². The Kier molecular flexibility index (Phi) is 4.58. The van der Waals surface area contributed by atoms with E-state index in [1.165, 1.54) is 24.3 Å². The molecule has 1 aromatic heterocycles. The third-order valence-electron chi connectivity index (χ3n) is 3.37. The zero-order chi connectivity index (χ0) is 15.4. The van der Waals surface area contributed by atoms with Crippen molar-refractivity contribution in [3.63, 3.8) is 0 Å². The van der Waals surface area contributed by atoms with Crippen molar-refractivity contribution in [1.29, 1.82) is 0 Å².